The van der Waals surface area contributed by atoms with Crippen LogP contribution in [0.4, 0.5) is 0 Å². The minimum Gasteiger partial charge on any atom is -0.494 e. The Labute approximate surface area is 147 Å². The van der Waals surface area contributed by atoms with Crippen molar-refractivity contribution in [2.75, 3.05) is 20.3 Å². The number of esters is 1. The summed E-state index contributed by atoms with van der Waals surface area (Å²) in [5.41, 5.74) is 0.992. The smallest absolute Gasteiger partial charge is 0.339 e. The molecular formula is C18H21NO5S. The summed E-state index contributed by atoms with van der Waals surface area (Å²) < 4.78 is 37.4. The summed E-state index contributed by atoms with van der Waals surface area (Å²) in [5.74, 6) is 0.0892. The normalized spacial score (nSPS) is 11.1. The van der Waals surface area contributed by atoms with Gasteiger partial charge in [0.05, 0.1) is 24.2 Å². The minimum absolute atomic E-state index is 0.0126. The summed E-state index contributed by atoms with van der Waals surface area (Å²) in [6.07, 6.45) is 0.520. The maximum Gasteiger partial charge on any atom is 0.339 e. The zero-order valence-corrected chi connectivity index (χ0v) is 15.0. The summed E-state index contributed by atoms with van der Waals surface area (Å²) in [7, 11) is -2.60. The molecule has 0 aromatic heterocycles. The fourth-order valence-electron chi connectivity index (χ4n) is 2.31. The van der Waals surface area contributed by atoms with E-state index in [4.69, 9.17) is 4.74 Å². The van der Waals surface area contributed by atoms with Crippen LogP contribution in [-0.2, 0) is 21.2 Å². The van der Waals surface area contributed by atoms with E-state index >= 15 is 0 Å². The Hall–Kier alpha value is -2.38. The van der Waals surface area contributed by atoms with Gasteiger partial charge in [0.15, 0.2) is 0 Å². The molecule has 0 unspecified atom stereocenters. The van der Waals surface area contributed by atoms with Gasteiger partial charge in [-0.1, -0.05) is 24.3 Å². The zero-order valence-electron chi connectivity index (χ0n) is 14.2. The molecule has 0 aliphatic rings. The highest BCUT2D eigenvalue weighted by Crippen LogP contribution is 2.17. The Morgan fingerprint density at radius 2 is 1.76 bits per heavy atom. The van der Waals surface area contributed by atoms with Crippen LogP contribution in [0.2, 0.25) is 0 Å². The molecular weight excluding hydrogens is 342 g/mol. The van der Waals surface area contributed by atoms with Gasteiger partial charge < -0.3 is 9.47 Å². The van der Waals surface area contributed by atoms with E-state index in [1.165, 1.54) is 19.2 Å². The molecule has 0 aliphatic carbocycles. The molecule has 0 atom stereocenters. The fourth-order valence-corrected chi connectivity index (χ4v) is 3.53. The number of carbonyl (C=O) groups excluding carboxylic acids is 1. The van der Waals surface area contributed by atoms with E-state index in [9.17, 15) is 13.2 Å². The van der Waals surface area contributed by atoms with E-state index in [-0.39, 0.29) is 17.0 Å². The molecule has 25 heavy (non-hydrogen) atoms. The van der Waals surface area contributed by atoms with Crippen molar-refractivity contribution in [3.05, 3.63) is 59.7 Å². The van der Waals surface area contributed by atoms with Gasteiger partial charge in [0.2, 0.25) is 10.0 Å². The first-order chi connectivity index (χ1) is 12.0. The number of nitrogens with one attached hydrogen (secondary N) is 1. The summed E-state index contributed by atoms with van der Waals surface area (Å²) in [6, 6.07) is 13.4. The van der Waals surface area contributed by atoms with Crippen LogP contribution in [0.3, 0.4) is 0 Å². The van der Waals surface area contributed by atoms with Crippen LogP contribution < -0.4 is 9.46 Å². The average molecular weight is 363 g/mol. The number of hydrogen-bond acceptors (Lipinski definition) is 5. The molecule has 0 fully saturated rings. The quantitative estimate of drug-likeness (QED) is 0.728. The molecule has 2 rings (SSSR count). The van der Waals surface area contributed by atoms with Crippen molar-refractivity contribution in [3.63, 3.8) is 0 Å². The number of ether oxygens (including phenoxy) is 2. The summed E-state index contributed by atoms with van der Waals surface area (Å²) in [5, 5.41) is 0. The first-order valence-electron chi connectivity index (χ1n) is 7.86. The molecule has 6 nitrogen and oxygen atoms in total. The molecule has 2 aromatic carbocycles. The summed E-state index contributed by atoms with van der Waals surface area (Å²) in [4.78, 5) is 11.6. The van der Waals surface area contributed by atoms with Crippen LogP contribution in [0.1, 0.15) is 22.8 Å². The van der Waals surface area contributed by atoms with Crippen molar-refractivity contribution in [1.29, 1.82) is 0 Å². The summed E-state index contributed by atoms with van der Waals surface area (Å²) >= 11 is 0. The molecule has 0 aliphatic heterocycles. The molecule has 7 heteroatoms. The van der Waals surface area contributed by atoms with Crippen molar-refractivity contribution >= 4 is 16.0 Å². The lowest BCUT2D eigenvalue weighted by Gasteiger charge is -2.10. The third-order valence-corrected chi connectivity index (χ3v) is 5.04. The highest BCUT2D eigenvalue weighted by atomic mass is 32.2. The minimum atomic E-state index is -3.81. The first kappa shape index (κ1) is 19.0. The maximum absolute atomic E-state index is 12.5. The Morgan fingerprint density at radius 3 is 2.40 bits per heavy atom. The molecule has 0 heterocycles. The summed E-state index contributed by atoms with van der Waals surface area (Å²) in [6.45, 7) is 2.72. The van der Waals surface area contributed by atoms with Gasteiger partial charge in [-0.3, -0.25) is 0 Å². The van der Waals surface area contributed by atoms with E-state index in [2.05, 4.69) is 9.46 Å². The van der Waals surface area contributed by atoms with Crippen LogP contribution >= 0.6 is 0 Å². The lowest BCUT2D eigenvalue weighted by molar-refractivity contribution is 0.0596. The van der Waals surface area contributed by atoms with Crippen LogP contribution in [0, 0.1) is 0 Å². The van der Waals surface area contributed by atoms with Gasteiger partial charge in [-0.05, 0) is 43.2 Å². The lowest BCUT2D eigenvalue weighted by Crippen LogP contribution is -2.27. The molecule has 0 saturated heterocycles. The van der Waals surface area contributed by atoms with Gasteiger partial charge in [0.1, 0.15) is 5.75 Å². The molecule has 0 saturated carbocycles. The second-order valence-electron chi connectivity index (χ2n) is 5.21. The van der Waals surface area contributed by atoms with Gasteiger partial charge in [-0.25, -0.2) is 17.9 Å². The van der Waals surface area contributed by atoms with Crippen molar-refractivity contribution in [2.45, 2.75) is 18.2 Å². The SMILES string of the molecule is CCOc1ccc(CCNS(=O)(=O)c2ccccc2C(=O)OC)cc1. The Morgan fingerprint density at radius 1 is 1.08 bits per heavy atom. The Bertz CT molecular complexity index is 816. The Kier molecular flexibility index (Phi) is 6.55. The molecule has 2 aromatic rings. The van der Waals surface area contributed by atoms with E-state index in [0.717, 1.165) is 11.3 Å². The lowest BCUT2D eigenvalue weighted by atomic mass is 10.1. The second kappa shape index (κ2) is 8.64. The van der Waals surface area contributed by atoms with Crippen LogP contribution in [-0.4, -0.2) is 34.6 Å². The third kappa shape index (κ3) is 5.04. The number of hydrogen-bond donors (Lipinski definition) is 1. The maximum atomic E-state index is 12.5. The van der Waals surface area contributed by atoms with E-state index in [1.54, 1.807) is 12.1 Å². The fraction of sp³-hybridized carbons (Fsp3) is 0.278. The number of rotatable bonds is 8. The van der Waals surface area contributed by atoms with E-state index in [0.29, 0.717) is 13.0 Å². The molecule has 0 spiro atoms. The zero-order chi connectivity index (χ0) is 18.3. The standard InChI is InChI=1S/C18H21NO5S/c1-3-24-15-10-8-14(9-11-15)12-13-19-25(21,22)17-7-5-4-6-16(17)18(20)23-2/h4-11,19H,3,12-13H2,1-2H3. The largest absolute Gasteiger partial charge is 0.494 e. The van der Waals surface area contributed by atoms with Crippen LogP contribution in [0.5, 0.6) is 5.75 Å². The topological polar surface area (TPSA) is 81.7 Å². The average Bonchev–Trinajstić information content (AvgIpc) is 2.62. The number of benzene rings is 2. The molecule has 0 amide bonds. The highest BCUT2D eigenvalue weighted by Gasteiger charge is 2.22. The van der Waals surface area contributed by atoms with Gasteiger partial charge in [-0.2, -0.15) is 0 Å². The van der Waals surface area contributed by atoms with Crippen LogP contribution in [0.15, 0.2) is 53.4 Å². The third-order valence-electron chi connectivity index (χ3n) is 3.52. The molecule has 0 bridgehead atoms. The number of carbonyl (C=O) groups is 1. The molecule has 0 radical (unpaired) electrons. The number of sulfonamides is 1. The highest BCUT2D eigenvalue weighted by molar-refractivity contribution is 7.89. The number of methoxy groups -OCH3 is 1. The van der Waals surface area contributed by atoms with Crippen molar-refractivity contribution < 1.29 is 22.7 Å². The van der Waals surface area contributed by atoms with Crippen LogP contribution in [0.25, 0.3) is 0 Å². The van der Waals surface area contributed by atoms with E-state index in [1.807, 2.05) is 31.2 Å². The van der Waals surface area contributed by atoms with Gasteiger partial charge in [0, 0.05) is 6.54 Å². The van der Waals surface area contributed by atoms with Crippen molar-refractivity contribution in [1.82, 2.24) is 4.72 Å². The molecule has 1 N–H and O–H groups in total. The van der Waals surface area contributed by atoms with Gasteiger partial charge in [-0.15, -0.1) is 0 Å². The Balaban J connectivity index is 2.04. The predicted octanol–water partition coefficient (Wildman–Crippen LogP) is 2.39. The van der Waals surface area contributed by atoms with Crippen molar-refractivity contribution in [2.24, 2.45) is 0 Å². The first-order valence-corrected chi connectivity index (χ1v) is 9.35. The second-order valence-corrected chi connectivity index (χ2v) is 6.95. The van der Waals surface area contributed by atoms with Gasteiger partial charge >= 0.3 is 5.97 Å². The van der Waals surface area contributed by atoms with Crippen molar-refractivity contribution in [3.8, 4) is 5.75 Å². The molecule has 134 valence electrons. The predicted molar refractivity (Wildman–Crippen MR) is 94.3 cm³/mol. The van der Waals surface area contributed by atoms with E-state index < -0.39 is 16.0 Å². The van der Waals surface area contributed by atoms with Gasteiger partial charge in [0.25, 0.3) is 0 Å². The monoisotopic (exact) mass is 363 g/mol.